The third-order valence-corrected chi connectivity index (χ3v) is 5.20. The zero-order valence-electron chi connectivity index (χ0n) is 15.5. The van der Waals surface area contributed by atoms with E-state index in [0.29, 0.717) is 16.1 Å². The second-order valence-electron chi connectivity index (χ2n) is 6.11. The molecule has 0 aliphatic heterocycles. The van der Waals surface area contributed by atoms with Crippen LogP contribution >= 0.6 is 11.8 Å². The van der Waals surface area contributed by atoms with Gasteiger partial charge in [0.05, 0.1) is 30.2 Å². The normalized spacial score (nSPS) is 10.8. The molecule has 29 heavy (non-hydrogen) atoms. The van der Waals surface area contributed by atoms with Crippen molar-refractivity contribution in [3.63, 3.8) is 0 Å². The summed E-state index contributed by atoms with van der Waals surface area (Å²) >= 11 is 1.05. The summed E-state index contributed by atoms with van der Waals surface area (Å²) in [6.45, 7) is 0.0693. The Bertz CT molecular complexity index is 1140. The van der Waals surface area contributed by atoms with Gasteiger partial charge < -0.3 is 14.9 Å². The van der Waals surface area contributed by atoms with Gasteiger partial charge in [-0.3, -0.25) is 19.0 Å². The van der Waals surface area contributed by atoms with Crippen molar-refractivity contribution >= 4 is 34.4 Å². The second kappa shape index (κ2) is 8.78. The van der Waals surface area contributed by atoms with Gasteiger partial charge in [-0.15, -0.1) is 0 Å². The first kappa shape index (κ1) is 20.4. The zero-order chi connectivity index (χ0) is 21.0. The highest BCUT2D eigenvalue weighted by Crippen LogP contribution is 2.26. The summed E-state index contributed by atoms with van der Waals surface area (Å²) in [4.78, 5) is 41.3. The van der Waals surface area contributed by atoms with Crippen molar-refractivity contribution in [2.24, 2.45) is 0 Å². The van der Waals surface area contributed by atoms with Crippen molar-refractivity contribution in [3.05, 3.63) is 58.4 Å². The Morgan fingerprint density at radius 2 is 1.90 bits per heavy atom. The Kier molecular flexibility index (Phi) is 6.18. The number of ketones is 1. The molecule has 0 aliphatic carbocycles. The quantitative estimate of drug-likeness (QED) is 0.199. The van der Waals surface area contributed by atoms with Gasteiger partial charge in [-0.05, 0) is 30.3 Å². The third-order valence-electron chi connectivity index (χ3n) is 4.22. The number of carbonyl (C=O) groups is 2. The molecule has 0 spiro atoms. The van der Waals surface area contributed by atoms with Crippen molar-refractivity contribution in [1.29, 1.82) is 0 Å². The van der Waals surface area contributed by atoms with Crippen molar-refractivity contribution in [3.8, 4) is 11.5 Å². The summed E-state index contributed by atoms with van der Waals surface area (Å²) in [5.74, 6) is -1.53. The summed E-state index contributed by atoms with van der Waals surface area (Å²) in [6.07, 6.45) is -0.0102. The van der Waals surface area contributed by atoms with Crippen molar-refractivity contribution in [2.75, 3.05) is 12.9 Å². The minimum Gasteiger partial charge on any atom is -0.504 e. The van der Waals surface area contributed by atoms with Gasteiger partial charge in [-0.1, -0.05) is 23.9 Å². The molecule has 1 aromatic heterocycles. The first-order valence-electron chi connectivity index (χ1n) is 8.65. The van der Waals surface area contributed by atoms with E-state index in [1.54, 1.807) is 24.3 Å². The molecule has 0 saturated carbocycles. The number of ether oxygens (including phenoxy) is 1. The lowest BCUT2D eigenvalue weighted by Crippen LogP contribution is -2.25. The molecule has 1 heterocycles. The number of thioether (sulfide) groups is 1. The Labute approximate surface area is 169 Å². The average Bonchev–Trinajstić information content (AvgIpc) is 2.73. The van der Waals surface area contributed by atoms with E-state index < -0.39 is 5.97 Å². The standard InChI is InChI=1S/C20H18N2O6S/c1-28-18(26)8-9-22-19(27)13-4-2-3-5-14(13)21-20(22)29-11-17(25)12-6-7-15(23)16(24)10-12/h2-7,10,23-24H,8-9,11H2,1H3. The largest absolute Gasteiger partial charge is 0.504 e. The Morgan fingerprint density at radius 3 is 2.62 bits per heavy atom. The highest BCUT2D eigenvalue weighted by atomic mass is 32.2. The second-order valence-corrected chi connectivity index (χ2v) is 7.05. The van der Waals surface area contributed by atoms with Gasteiger partial charge in [0.25, 0.3) is 5.56 Å². The molecule has 2 aromatic carbocycles. The number of rotatable bonds is 7. The zero-order valence-corrected chi connectivity index (χ0v) is 16.3. The van der Waals surface area contributed by atoms with Crippen LogP contribution in [0.1, 0.15) is 16.8 Å². The van der Waals surface area contributed by atoms with Crippen LogP contribution in [0.4, 0.5) is 0 Å². The number of Topliss-reactive ketones (excluding diaryl/α,β-unsaturated/α-hetero) is 1. The molecule has 3 rings (SSSR count). The summed E-state index contributed by atoms with van der Waals surface area (Å²) in [6, 6.07) is 10.6. The number of nitrogens with zero attached hydrogens (tertiary/aromatic N) is 2. The molecule has 2 N–H and O–H groups in total. The van der Waals surface area contributed by atoms with E-state index in [4.69, 9.17) is 0 Å². The number of para-hydroxylation sites is 1. The monoisotopic (exact) mass is 414 g/mol. The number of esters is 1. The fraction of sp³-hybridized carbons (Fsp3) is 0.200. The SMILES string of the molecule is COC(=O)CCn1c(SCC(=O)c2ccc(O)c(O)c2)nc2ccccc2c1=O. The number of aromatic hydroxyl groups is 2. The van der Waals surface area contributed by atoms with E-state index in [2.05, 4.69) is 9.72 Å². The van der Waals surface area contributed by atoms with Gasteiger partial charge in [-0.2, -0.15) is 0 Å². The number of fused-ring (bicyclic) bond motifs is 1. The Morgan fingerprint density at radius 1 is 1.14 bits per heavy atom. The van der Waals surface area contributed by atoms with Crippen LogP contribution in [0.25, 0.3) is 10.9 Å². The van der Waals surface area contributed by atoms with Crippen LogP contribution < -0.4 is 5.56 Å². The summed E-state index contributed by atoms with van der Waals surface area (Å²) < 4.78 is 5.99. The first-order valence-corrected chi connectivity index (χ1v) is 9.63. The number of hydrogen-bond acceptors (Lipinski definition) is 8. The molecule has 0 atom stereocenters. The number of phenolic OH excluding ortho intramolecular Hbond substituents is 2. The van der Waals surface area contributed by atoms with Crippen LogP contribution in [0.3, 0.4) is 0 Å². The molecule has 150 valence electrons. The van der Waals surface area contributed by atoms with Crippen LogP contribution in [0, 0.1) is 0 Å². The van der Waals surface area contributed by atoms with Crippen molar-refractivity contribution in [2.45, 2.75) is 18.1 Å². The number of carbonyl (C=O) groups excluding carboxylic acids is 2. The summed E-state index contributed by atoms with van der Waals surface area (Å²) in [7, 11) is 1.27. The molecule has 0 amide bonds. The smallest absolute Gasteiger partial charge is 0.307 e. The first-order chi connectivity index (χ1) is 13.9. The van der Waals surface area contributed by atoms with Gasteiger partial charge in [0.2, 0.25) is 0 Å². The number of phenols is 2. The fourth-order valence-electron chi connectivity index (χ4n) is 2.67. The minimum absolute atomic E-state index is 0.0102. The van der Waals surface area contributed by atoms with E-state index in [9.17, 15) is 24.6 Å². The highest BCUT2D eigenvalue weighted by molar-refractivity contribution is 7.99. The molecule has 3 aromatic rings. The molecule has 0 saturated heterocycles. The molecule has 0 radical (unpaired) electrons. The van der Waals surface area contributed by atoms with Gasteiger partial charge >= 0.3 is 5.97 Å². The van der Waals surface area contributed by atoms with E-state index in [1.807, 2.05) is 0 Å². The number of aromatic nitrogens is 2. The molecular weight excluding hydrogens is 396 g/mol. The molecule has 9 heteroatoms. The maximum Gasteiger partial charge on any atom is 0.307 e. The molecule has 0 unspecified atom stereocenters. The predicted octanol–water partition coefficient (Wildman–Crippen LogP) is 2.35. The van der Waals surface area contributed by atoms with Gasteiger partial charge in [0.15, 0.2) is 22.4 Å². The summed E-state index contributed by atoms with van der Waals surface area (Å²) in [5, 5.41) is 19.7. The van der Waals surface area contributed by atoms with Crippen molar-refractivity contribution < 1.29 is 24.5 Å². The van der Waals surface area contributed by atoms with Gasteiger partial charge in [0.1, 0.15) is 0 Å². The van der Waals surface area contributed by atoms with E-state index in [1.165, 1.54) is 29.9 Å². The Hall–Kier alpha value is -3.33. The lowest BCUT2D eigenvalue weighted by molar-refractivity contribution is -0.140. The molecule has 8 nitrogen and oxygen atoms in total. The molecular formula is C20H18N2O6S. The molecule has 0 aliphatic rings. The summed E-state index contributed by atoms with van der Waals surface area (Å²) in [5.41, 5.74) is 0.401. The van der Waals surface area contributed by atoms with Crippen LogP contribution in [-0.4, -0.2) is 44.4 Å². The molecule has 0 bridgehead atoms. The fourth-order valence-corrected chi connectivity index (χ4v) is 3.59. The van der Waals surface area contributed by atoms with Gasteiger partial charge in [-0.25, -0.2) is 4.98 Å². The lowest BCUT2D eigenvalue weighted by Gasteiger charge is -2.12. The predicted molar refractivity (Wildman–Crippen MR) is 107 cm³/mol. The topological polar surface area (TPSA) is 119 Å². The highest BCUT2D eigenvalue weighted by Gasteiger charge is 2.16. The van der Waals surface area contributed by atoms with Crippen LogP contribution in [0.2, 0.25) is 0 Å². The number of methoxy groups -OCH3 is 1. The number of hydrogen-bond donors (Lipinski definition) is 2. The Balaban J connectivity index is 1.90. The van der Waals surface area contributed by atoms with Gasteiger partial charge in [0, 0.05) is 12.1 Å². The van der Waals surface area contributed by atoms with Crippen molar-refractivity contribution in [1.82, 2.24) is 9.55 Å². The maximum absolute atomic E-state index is 12.9. The third kappa shape index (κ3) is 4.57. The van der Waals surface area contributed by atoms with E-state index in [0.717, 1.165) is 11.8 Å². The van der Waals surface area contributed by atoms with E-state index in [-0.39, 0.29) is 47.1 Å². The van der Waals surface area contributed by atoms with Crippen LogP contribution in [0.15, 0.2) is 52.4 Å². The van der Waals surface area contributed by atoms with Crippen LogP contribution in [0.5, 0.6) is 11.5 Å². The average molecular weight is 414 g/mol. The number of benzene rings is 2. The lowest BCUT2D eigenvalue weighted by atomic mass is 10.1. The van der Waals surface area contributed by atoms with E-state index >= 15 is 0 Å². The molecule has 0 fully saturated rings. The minimum atomic E-state index is -0.461. The van der Waals surface area contributed by atoms with Crippen LogP contribution in [-0.2, 0) is 16.1 Å². The maximum atomic E-state index is 12.9.